The minimum Gasteiger partial charge on any atom is -0.476 e. The van der Waals surface area contributed by atoms with Crippen LogP contribution in [-0.4, -0.2) is 46.0 Å². The summed E-state index contributed by atoms with van der Waals surface area (Å²) < 4.78 is 0. The van der Waals surface area contributed by atoms with Gasteiger partial charge < -0.3 is 15.7 Å². The summed E-state index contributed by atoms with van der Waals surface area (Å²) in [6.07, 6.45) is 1.80. The van der Waals surface area contributed by atoms with Gasteiger partial charge in [-0.2, -0.15) is 0 Å². The third-order valence-electron chi connectivity index (χ3n) is 2.65. The first-order valence-corrected chi connectivity index (χ1v) is 6.19. The van der Waals surface area contributed by atoms with Gasteiger partial charge in [0, 0.05) is 24.5 Å². The smallest absolute Gasteiger partial charge is 0.355 e. The van der Waals surface area contributed by atoms with E-state index < -0.39 is 5.97 Å². The second-order valence-electron chi connectivity index (χ2n) is 4.00. The van der Waals surface area contributed by atoms with E-state index in [4.69, 9.17) is 10.8 Å². The second-order valence-corrected chi connectivity index (χ2v) is 4.85. The molecule has 7 heteroatoms. The fourth-order valence-corrected chi connectivity index (χ4v) is 2.56. The zero-order valence-corrected chi connectivity index (χ0v) is 9.94. The van der Waals surface area contributed by atoms with Gasteiger partial charge >= 0.3 is 5.97 Å². The standard InChI is InChI=1S/C10H13N3O3S/c11-6-2-1-3-13(4-6)9(14)8-12-7(5-17-8)10(15)16/h5-6H,1-4,11H2,(H,15,16). The Balaban J connectivity index is 2.10. The molecule has 0 aliphatic carbocycles. The van der Waals surface area contributed by atoms with Crippen molar-refractivity contribution in [2.45, 2.75) is 18.9 Å². The van der Waals surface area contributed by atoms with Gasteiger partial charge in [-0.25, -0.2) is 9.78 Å². The van der Waals surface area contributed by atoms with Gasteiger partial charge in [-0.3, -0.25) is 4.79 Å². The predicted octanol–water partition coefficient (Wildman–Crippen LogP) is 0.405. The highest BCUT2D eigenvalue weighted by Crippen LogP contribution is 2.16. The number of likely N-dealkylation sites (tertiary alicyclic amines) is 1. The van der Waals surface area contributed by atoms with Gasteiger partial charge in [-0.05, 0) is 12.8 Å². The minimum absolute atomic E-state index is 0.00612. The molecule has 0 spiro atoms. The summed E-state index contributed by atoms with van der Waals surface area (Å²) in [5.74, 6) is -1.34. The topological polar surface area (TPSA) is 96.5 Å². The highest BCUT2D eigenvalue weighted by molar-refractivity contribution is 7.11. The molecule has 0 saturated carbocycles. The van der Waals surface area contributed by atoms with Gasteiger partial charge in [0.2, 0.25) is 0 Å². The molecule has 92 valence electrons. The molecular formula is C10H13N3O3S. The summed E-state index contributed by atoms with van der Waals surface area (Å²) in [6.45, 7) is 1.18. The van der Waals surface area contributed by atoms with Crippen molar-refractivity contribution >= 4 is 23.2 Å². The SMILES string of the molecule is NC1CCCN(C(=O)c2nc(C(=O)O)cs2)C1. The summed E-state index contributed by atoms with van der Waals surface area (Å²) in [4.78, 5) is 28.1. The van der Waals surface area contributed by atoms with Crippen LogP contribution in [-0.2, 0) is 0 Å². The normalized spacial score (nSPS) is 20.3. The third kappa shape index (κ3) is 2.62. The van der Waals surface area contributed by atoms with Crippen molar-refractivity contribution in [2.75, 3.05) is 13.1 Å². The van der Waals surface area contributed by atoms with Gasteiger partial charge in [0.1, 0.15) is 0 Å². The molecule has 1 aromatic rings. The first-order chi connectivity index (χ1) is 8.08. The van der Waals surface area contributed by atoms with Crippen LogP contribution in [0.4, 0.5) is 0 Å². The van der Waals surface area contributed by atoms with Crippen molar-refractivity contribution in [3.05, 3.63) is 16.1 Å². The third-order valence-corrected chi connectivity index (χ3v) is 3.48. The fourth-order valence-electron chi connectivity index (χ4n) is 1.80. The van der Waals surface area contributed by atoms with E-state index in [0.29, 0.717) is 13.1 Å². The molecule has 1 aromatic heterocycles. The van der Waals surface area contributed by atoms with E-state index in [1.165, 1.54) is 5.38 Å². The molecule has 17 heavy (non-hydrogen) atoms. The first-order valence-electron chi connectivity index (χ1n) is 5.31. The number of carbonyl (C=O) groups excluding carboxylic acids is 1. The molecule has 1 aliphatic heterocycles. The summed E-state index contributed by atoms with van der Waals surface area (Å²) in [5, 5.41) is 10.3. The van der Waals surface area contributed by atoms with Gasteiger partial charge in [-0.15, -0.1) is 11.3 Å². The quantitative estimate of drug-likeness (QED) is 0.797. The van der Waals surface area contributed by atoms with Crippen LogP contribution in [0, 0.1) is 0 Å². The molecule has 6 nitrogen and oxygen atoms in total. The van der Waals surface area contributed by atoms with Crippen molar-refractivity contribution < 1.29 is 14.7 Å². The van der Waals surface area contributed by atoms with Crippen LogP contribution in [0.3, 0.4) is 0 Å². The lowest BCUT2D eigenvalue weighted by atomic mass is 10.1. The number of carboxylic acids is 1. The minimum atomic E-state index is -1.12. The Morgan fingerprint density at radius 3 is 2.94 bits per heavy atom. The van der Waals surface area contributed by atoms with Gasteiger partial charge in [0.05, 0.1) is 0 Å². The molecular weight excluding hydrogens is 242 g/mol. The van der Waals surface area contributed by atoms with Crippen molar-refractivity contribution in [1.29, 1.82) is 0 Å². The van der Waals surface area contributed by atoms with E-state index in [1.54, 1.807) is 4.90 Å². The molecule has 1 unspecified atom stereocenters. The number of amides is 1. The molecule has 1 fully saturated rings. The van der Waals surface area contributed by atoms with Crippen LogP contribution >= 0.6 is 11.3 Å². The van der Waals surface area contributed by atoms with Gasteiger partial charge in [-0.1, -0.05) is 0 Å². The number of piperidine rings is 1. The van der Waals surface area contributed by atoms with Crippen molar-refractivity contribution in [3.8, 4) is 0 Å². The number of hydrogen-bond acceptors (Lipinski definition) is 5. The second kappa shape index (κ2) is 4.80. The first kappa shape index (κ1) is 12.0. The molecule has 1 saturated heterocycles. The van der Waals surface area contributed by atoms with E-state index in [2.05, 4.69) is 4.98 Å². The maximum atomic E-state index is 12.0. The Labute approximate surface area is 102 Å². The molecule has 0 aromatic carbocycles. The number of thiazole rings is 1. The summed E-state index contributed by atoms with van der Waals surface area (Å²) in [6, 6.07) is 0.00612. The van der Waals surface area contributed by atoms with Crippen LogP contribution in [0.2, 0.25) is 0 Å². The number of carboxylic acid groups (broad SMARTS) is 1. The fraction of sp³-hybridized carbons (Fsp3) is 0.500. The highest BCUT2D eigenvalue weighted by atomic mass is 32.1. The molecule has 3 N–H and O–H groups in total. The van der Waals surface area contributed by atoms with Crippen molar-refractivity contribution in [3.63, 3.8) is 0 Å². The Kier molecular flexibility index (Phi) is 3.39. The number of rotatable bonds is 2. The Morgan fingerprint density at radius 1 is 1.59 bits per heavy atom. The summed E-state index contributed by atoms with van der Waals surface area (Å²) >= 11 is 1.06. The zero-order valence-electron chi connectivity index (χ0n) is 9.13. The van der Waals surface area contributed by atoms with Crippen LogP contribution in [0.25, 0.3) is 0 Å². The number of nitrogens with zero attached hydrogens (tertiary/aromatic N) is 2. The average Bonchev–Trinajstić information content (AvgIpc) is 2.77. The molecule has 1 aliphatic rings. The van der Waals surface area contributed by atoms with E-state index in [1.807, 2.05) is 0 Å². The van der Waals surface area contributed by atoms with Crippen LogP contribution in [0.1, 0.15) is 33.1 Å². The van der Waals surface area contributed by atoms with Gasteiger partial charge in [0.25, 0.3) is 5.91 Å². The summed E-state index contributed by atoms with van der Waals surface area (Å²) in [5.41, 5.74) is 5.71. The van der Waals surface area contributed by atoms with E-state index in [0.717, 1.165) is 24.2 Å². The van der Waals surface area contributed by atoms with E-state index >= 15 is 0 Å². The average molecular weight is 255 g/mol. The van der Waals surface area contributed by atoms with Crippen molar-refractivity contribution in [1.82, 2.24) is 9.88 Å². The highest BCUT2D eigenvalue weighted by Gasteiger charge is 2.25. The lowest BCUT2D eigenvalue weighted by molar-refractivity contribution is 0.0690. The lowest BCUT2D eigenvalue weighted by Crippen LogP contribution is -2.45. The number of nitrogens with two attached hydrogens (primary N) is 1. The Bertz CT molecular complexity index is 446. The monoisotopic (exact) mass is 255 g/mol. The van der Waals surface area contributed by atoms with Crippen LogP contribution < -0.4 is 5.73 Å². The number of hydrogen-bond donors (Lipinski definition) is 2. The molecule has 1 atom stereocenters. The lowest BCUT2D eigenvalue weighted by Gasteiger charge is -2.29. The van der Waals surface area contributed by atoms with Crippen molar-refractivity contribution in [2.24, 2.45) is 5.73 Å². The van der Waals surface area contributed by atoms with E-state index in [9.17, 15) is 9.59 Å². The Hall–Kier alpha value is -1.47. The predicted molar refractivity (Wildman–Crippen MR) is 62.2 cm³/mol. The summed E-state index contributed by atoms with van der Waals surface area (Å²) in [7, 11) is 0. The zero-order chi connectivity index (χ0) is 12.4. The van der Waals surface area contributed by atoms with Crippen LogP contribution in [0.5, 0.6) is 0 Å². The molecule has 1 amide bonds. The largest absolute Gasteiger partial charge is 0.476 e. The number of carbonyl (C=O) groups is 2. The van der Waals surface area contributed by atoms with E-state index in [-0.39, 0.29) is 22.7 Å². The maximum Gasteiger partial charge on any atom is 0.355 e. The maximum absolute atomic E-state index is 12.0. The number of aromatic nitrogens is 1. The molecule has 2 rings (SSSR count). The van der Waals surface area contributed by atoms with Crippen LogP contribution in [0.15, 0.2) is 5.38 Å². The molecule has 2 heterocycles. The Morgan fingerprint density at radius 2 is 2.35 bits per heavy atom. The molecule has 0 bridgehead atoms. The number of aromatic carboxylic acids is 1. The van der Waals surface area contributed by atoms with Gasteiger partial charge in [0.15, 0.2) is 10.7 Å². The molecule has 0 radical (unpaired) electrons.